The summed E-state index contributed by atoms with van der Waals surface area (Å²) >= 11 is 3.26. The molecule has 28 heavy (non-hydrogen) atoms. The van der Waals surface area contributed by atoms with Crippen LogP contribution in [0.4, 0.5) is 10.5 Å². The smallest absolute Gasteiger partial charge is 0.293 e. The Morgan fingerprint density at radius 1 is 0.929 bits per heavy atom. The van der Waals surface area contributed by atoms with Crippen molar-refractivity contribution in [3.05, 3.63) is 68.1 Å². The molecule has 0 unspecified atom stereocenters. The lowest BCUT2D eigenvalue weighted by atomic mass is 10.1. The highest BCUT2D eigenvalue weighted by atomic mass is 127. The fraction of sp³-hybridized carbons (Fsp3) is 0.273. The predicted octanol–water partition coefficient (Wildman–Crippen LogP) is 5.52. The van der Waals surface area contributed by atoms with Crippen molar-refractivity contribution in [2.75, 3.05) is 18.0 Å². The molecule has 6 heteroatoms. The van der Waals surface area contributed by atoms with Gasteiger partial charge in [-0.15, -0.1) is 0 Å². The van der Waals surface area contributed by atoms with E-state index >= 15 is 0 Å². The Labute approximate surface area is 183 Å². The number of halogens is 1. The van der Waals surface area contributed by atoms with Crippen molar-refractivity contribution in [3.63, 3.8) is 0 Å². The molecule has 2 aromatic rings. The zero-order chi connectivity index (χ0) is 19.5. The topological polar surface area (TPSA) is 40.6 Å². The fourth-order valence-corrected chi connectivity index (χ4v) is 4.69. The summed E-state index contributed by atoms with van der Waals surface area (Å²) in [5.41, 5.74) is 3.12. The van der Waals surface area contributed by atoms with Crippen molar-refractivity contribution in [1.82, 2.24) is 4.90 Å². The number of rotatable bonds is 4. The van der Waals surface area contributed by atoms with Gasteiger partial charge in [-0.25, -0.2) is 0 Å². The van der Waals surface area contributed by atoms with Crippen molar-refractivity contribution in [1.29, 1.82) is 0 Å². The molecule has 0 radical (unpaired) electrons. The molecule has 2 aromatic carbocycles. The number of amides is 2. The van der Waals surface area contributed by atoms with Crippen LogP contribution in [0.15, 0.2) is 53.4 Å². The molecule has 2 amide bonds. The molecule has 0 saturated carbocycles. The van der Waals surface area contributed by atoms with E-state index in [2.05, 4.69) is 39.6 Å². The Kier molecular flexibility index (Phi) is 6.06. The molecular weight excluding hydrogens is 483 g/mol. The molecule has 2 saturated heterocycles. The van der Waals surface area contributed by atoms with Crippen LogP contribution >= 0.6 is 34.4 Å². The Hall–Kier alpha value is -1.80. The van der Waals surface area contributed by atoms with Gasteiger partial charge in [0.1, 0.15) is 0 Å². The summed E-state index contributed by atoms with van der Waals surface area (Å²) in [5, 5.41) is -0.209. The summed E-state index contributed by atoms with van der Waals surface area (Å²) in [6.45, 7) is 2.53. The van der Waals surface area contributed by atoms with Crippen molar-refractivity contribution >= 4 is 57.3 Å². The van der Waals surface area contributed by atoms with E-state index in [1.807, 2.05) is 42.5 Å². The Bertz CT molecular complexity index is 903. The maximum atomic E-state index is 12.7. The molecule has 4 nitrogen and oxygen atoms in total. The molecule has 2 fully saturated rings. The minimum Gasteiger partial charge on any atom is -0.372 e. The third-order valence-corrected chi connectivity index (χ3v) is 6.67. The average molecular weight is 504 g/mol. The Morgan fingerprint density at radius 2 is 1.61 bits per heavy atom. The largest absolute Gasteiger partial charge is 0.372 e. The van der Waals surface area contributed by atoms with Gasteiger partial charge in [-0.1, -0.05) is 24.3 Å². The monoisotopic (exact) mass is 504 g/mol. The van der Waals surface area contributed by atoms with Gasteiger partial charge in [0.2, 0.25) is 0 Å². The van der Waals surface area contributed by atoms with Gasteiger partial charge in [-0.3, -0.25) is 14.5 Å². The van der Waals surface area contributed by atoms with Crippen LogP contribution in [0.3, 0.4) is 0 Å². The molecule has 144 valence electrons. The number of hydrogen-bond acceptors (Lipinski definition) is 4. The second-order valence-corrected chi connectivity index (χ2v) is 9.27. The maximum absolute atomic E-state index is 12.7. The van der Waals surface area contributed by atoms with Gasteiger partial charge in [0.05, 0.1) is 11.4 Å². The Morgan fingerprint density at radius 3 is 2.29 bits per heavy atom. The van der Waals surface area contributed by atoms with E-state index in [0.29, 0.717) is 11.4 Å². The van der Waals surface area contributed by atoms with Gasteiger partial charge in [0.25, 0.3) is 11.1 Å². The minimum absolute atomic E-state index is 0.209. The van der Waals surface area contributed by atoms with Crippen molar-refractivity contribution < 1.29 is 9.59 Å². The third kappa shape index (κ3) is 4.43. The lowest BCUT2D eigenvalue weighted by Crippen LogP contribution is -2.29. The first-order valence-electron chi connectivity index (χ1n) is 9.45. The van der Waals surface area contributed by atoms with Gasteiger partial charge in [0.15, 0.2) is 0 Å². The number of nitrogens with zero attached hydrogens (tertiary/aromatic N) is 2. The van der Waals surface area contributed by atoms with Gasteiger partial charge >= 0.3 is 0 Å². The second kappa shape index (κ2) is 8.69. The number of hydrogen-bond donors (Lipinski definition) is 0. The van der Waals surface area contributed by atoms with E-state index in [4.69, 9.17) is 0 Å². The van der Waals surface area contributed by atoms with E-state index in [9.17, 15) is 9.59 Å². The van der Waals surface area contributed by atoms with Crippen molar-refractivity contribution in [2.45, 2.75) is 25.8 Å². The molecule has 0 aliphatic carbocycles. The number of thioether (sulfide) groups is 1. The molecule has 0 spiro atoms. The molecule has 2 aliphatic rings. The predicted molar refractivity (Wildman–Crippen MR) is 123 cm³/mol. The molecule has 0 bridgehead atoms. The third-order valence-electron chi connectivity index (χ3n) is 5.04. The molecule has 2 heterocycles. The van der Waals surface area contributed by atoms with Gasteiger partial charge < -0.3 is 4.90 Å². The van der Waals surface area contributed by atoms with Crippen LogP contribution in [0, 0.1) is 3.57 Å². The van der Waals surface area contributed by atoms with E-state index in [1.165, 1.54) is 29.8 Å². The highest BCUT2D eigenvalue weighted by Crippen LogP contribution is 2.33. The summed E-state index contributed by atoms with van der Waals surface area (Å²) in [6.07, 6.45) is 5.62. The summed E-state index contributed by atoms with van der Waals surface area (Å²) < 4.78 is 1.13. The molecule has 2 aliphatic heterocycles. The SMILES string of the molecule is O=C1S/C(=C\c2ccc(N3CCCCC3)cc2)C(=O)N1Cc1ccc(I)cc1. The van der Waals surface area contributed by atoms with Crippen LogP contribution in [0.1, 0.15) is 30.4 Å². The first kappa shape index (κ1) is 19.5. The van der Waals surface area contributed by atoms with Crippen LogP contribution < -0.4 is 4.90 Å². The van der Waals surface area contributed by atoms with E-state index in [0.717, 1.165) is 39.5 Å². The van der Waals surface area contributed by atoms with Crippen LogP contribution in [0.2, 0.25) is 0 Å². The number of imide groups is 1. The van der Waals surface area contributed by atoms with Crippen LogP contribution in [-0.4, -0.2) is 29.1 Å². The first-order valence-corrected chi connectivity index (χ1v) is 11.3. The van der Waals surface area contributed by atoms with E-state index in [-0.39, 0.29) is 11.1 Å². The summed E-state index contributed by atoms with van der Waals surface area (Å²) in [7, 11) is 0. The van der Waals surface area contributed by atoms with E-state index in [1.54, 1.807) is 0 Å². The lowest BCUT2D eigenvalue weighted by Gasteiger charge is -2.28. The molecule has 0 atom stereocenters. The Balaban J connectivity index is 1.46. The number of carbonyl (C=O) groups is 2. The molecule has 4 rings (SSSR count). The van der Waals surface area contributed by atoms with Gasteiger partial charge in [0, 0.05) is 22.3 Å². The second-order valence-electron chi connectivity index (χ2n) is 7.03. The number of piperidine rings is 1. The van der Waals surface area contributed by atoms with Crippen LogP contribution in [-0.2, 0) is 11.3 Å². The van der Waals surface area contributed by atoms with Crippen molar-refractivity contribution in [3.8, 4) is 0 Å². The minimum atomic E-state index is -0.214. The van der Waals surface area contributed by atoms with Crippen LogP contribution in [0.25, 0.3) is 6.08 Å². The summed E-state index contributed by atoms with van der Waals surface area (Å²) in [4.78, 5) is 29.3. The summed E-state index contributed by atoms with van der Waals surface area (Å²) in [5.74, 6) is -0.214. The summed E-state index contributed by atoms with van der Waals surface area (Å²) in [6, 6.07) is 16.1. The van der Waals surface area contributed by atoms with E-state index < -0.39 is 0 Å². The van der Waals surface area contributed by atoms with Gasteiger partial charge in [-0.05, 0) is 95.1 Å². The number of anilines is 1. The first-order chi connectivity index (χ1) is 13.6. The molecule has 0 aromatic heterocycles. The zero-order valence-corrected chi connectivity index (χ0v) is 18.4. The van der Waals surface area contributed by atoms with Crippen LogP contribution in [0.5, 0.6) is 0 Å². The van der Waals surface area contributed by atoms with Crippen molar-refractivity contribution in [2.24, 2.45) is 0 Å². The molecular formula is C22H21IN2O2S. The standard InChI is InChI=1S/C22H21IN2O2S/c23-18-8-4-17(5-9-18)15-25-21(26)20(28-22(25)27)14-16-6-10-19(11-7-16)24-12-2-1-3-13-24/h4-11,14H,1-3,12-13,15H2/b20-14-. The quantitative estimate of drug-likeness (QED) is 0.407. The highest BCUT2D eigenvalue weighted by molar-refractivity contribution is 14.1. The zero-order valence-electron chi connectivity index (χ0n) is 15.4. The highest BCUT2D eigenvalue weighted by Gasteiger charge is 2.34. The fourth-order valence-electron chi connectivity index (χ4n) is 3.49. The lowest BCUT2D eigenvalue weighted by molar-refractivity contribution is -0.123. The number of carbonyl (C=O) groups excluding carboxylic acids is 2. The molecule has 0 N–H and O–H groups in total. The maximum Gasteiger partial charge on any atom is 0.293 e. The number of benzene rings is 2. The van der Waals surface area contributed by atoms with Gasteiger partial charge in [-0.2, -0.15) is 0 Å². The normalized spacial score (nSPS) is 19.0. The average Bonchev–Trinajstić information content (AvgIpc) is 2.98.